The van der Waals surface area contributed by atoms with Gasteiger partial charge in [-0.15, -0.1) is 0 Å². The van der Waals surface area contributed by atoms with Gasteiger partial charge in [-0.05, 0) is 13.8 Å². The predicted octanol–water partition coefficient (Wildman–Crippen LogP) is 2.31. The van der Waals surface area contributed by atoms with Crippen LogP contribution >= 0.6 is 11.3 Å². The van der Waals surface area contributed by atoms with Crippen LogP contribution in [0.3, 0.4) is 0 Å². The molecule has 1 rings (SSSR count). The van der Waals surface area contributed by atoms with Crippen molar-refractivity contribution >= 4 is 22.4 Å². The number of ether oxygens (including phenoxy) is 1. The highest BCUT2D eigenvalue weighted by Crippen LogP contribution is 2.18. The molecule has 0 spiro atoms. The summed E-state index contributed by atoms with van der Waals surface area (Å²) in [6, 6.07) is 0. The largest absolute Gasteiger partial charge is 0.465 e. The fourth-order valence-corrected chi connectivity index (χ4v) is 1.63. The van der Waals surface area contributed by atoms with Crippen LogP contribution in [0.2, 0.25) is 0 Å². The van der Waals surface area contributed by atoms with Gasteiger partial charge in [-0.2, -0.15) is 0 Å². The molecule has 0 aliphatic carbocycles. The summed E-state index contributed by atoms with van der Waals surface area (Å²) in [5, 5.41) is 3.83. The maximum Gasteiger partial charge on any atom is 0.349 e. The lowest BCUT2D eigenvalue weighted by Crippen LogP contribution is -1.98. The van der Waals surface area contributed by atoms with E-state index in [-0.39, 0.29) is 5.97 Å². The zero-order valence-electron chi connectivity index (χ0n) is 9.03. The fourth-order valence-electron chi connectivity index (χ4n) is 0.893. The van der Waals surface area contributed by atoms with Gasteiger partial charge in [0.05, 0.1) is 13.3 Å². The second-order valence-electron chi connectivity index (χ2n) is 3.18. The molecule has 82 valence electrons. The van der Waals surface area contributed by atoms with Crippen LogP contribution in [-0.2, 0) is 4.74 Å². The molecule has 1 aromatic heterocycles. The highest BCUT2D eigenvalue weighted by atomic mass is 32.1. The molecule has 0 radical (unpaired) electrons. The molecule has 5 heteroatoms. The number of thiazole rings is 1. The number of carbonyl (C=O) groups is 1. The third-order valence-electron chi connectivity index (χ3n) is 1.66. The normalized spacial score (nSPS) is 9.53. The molecule has 4 nitrogen and oxygen atoms in total. The number of hydrogen-bond donors (Lipinski definition) is 1. The highest BCUT2D eigenvalue weighted by molar-refractivity contribution is 7.17. The molecule has 0 amide bonds. The number of rotatable bonds is 4. The zero-order valence-corrected chi connectivity index (χ0v) is 9.85. The van der Waals surface area contributed by atoms with E-state index in [1.165, 1.54) is 30.2 Å². The number of carbonyl (C=O) groups excluding carboxylic acids is 1. The molecule has 1 aromatic rings. The lowest BCUT2D eigenvalue weighted by Gasteiger charge is -1.97. The highest BCUT2D eigenvalue weighted by Gasteiger charge is 2.09. The minimum Gasteiger partial charge on any atom is -0.465 e. The Hall–Kier alpha value is -1.36. The van der Waals surface area contributed by atoms with Gasteiger partial charge in [0.1, 0.15) is 4.88 Å². The Morgan fingerprint density at radius 2 is 2.40 bits per heavy atom. The van der Waals surface area contributed by atoms with Crippen molar-refractivity contribution in [2.75, 3.05) is 19.0 Å². The van der Waals surface area contributed by atoms with Crippen molar-refractivity contribution in [2.45, 2.75) is 13.8 Å². The summed E-state index contributed by atoms with van der Waals surface area (Å²) in [5.74, 6) is -0.345. The Morgan fingerprint density at radius 3 is 3.00 bits per heavy atom. The lowest BCUT2D eigenvalue weighted by molar-refractivity contribution is 0.0606. The van der Waals surface area contributed by atoms with Gasteiger partial charge in [-0.25, -0.2) is 9.78 Å². The summed E-state index contributed by atoms with van der Waals surface area (Å²) in [5.41, 5.74) is 1.24. The Balaban J connectivity index is 2.53. The SMILES string of the molecule is COC(=O)c1cnc(NCC=C(C)C)s1. The molecule has 0 saturated heterocycles. The van der Waals surface area contributed by atoms with Crippen molar-refractivity contribution in [2.24, 2.45) is 0 Å². The Labute approximate surface area is 93.0 Å². The summed E-state index contributed by atoms with van der Waals surface area (Å²) in [4.78, 5) is 15.7. The third kappa shape index (κ3) is 3.71. The smallest absolute Gasteiger partial charge is 0.349 e. The van der Waals surface area contributed by atoms with E-state index < -0.39 is 0 Å². The number of methoxy groups -OCH3 is 1. The van der Waals surface area contributed by atoms with E-state index in [0.717, 1.165) is 11.7 Å². The number of aromatic nitrogens is 1. The minimum atomic E-state index is -0.345. The number of nitrogens with zero attached hydrogens (tertiary/aromatic N) is 1. The predicted molar refractivity (Wildman–Crippen MR) is 61.4 cm³/mol. The van der Waals surface area contributed by atoms with Gasteiger partial charge in [0, 0.05) is 6.54 Å². The average Bonchev–Trinajstić information content (AvgIpc) is 2.65. The number of allylic oxidation sites excluding steroid dienone is 1. The minimum absolute atomic E-state index is 0.345. The van der Waals surface area contributed by atoms with Crippen molar-refractivity contribution < 1.29 is 9.53 Å². The van der Waals surface area contributed by atoms with Crippen molar-refractivity contribution in [3.8, 4) is 0 Å². The molecule has 0 aromatic carbocycles. The first-order valence-corrected chi connectivity index (χ1v) is 5.36. The summed E-state index contributed by atoms with van der Waals surface area (Å²) >= 11 is 1.29. The van der Waals surface area contributed by atoms with E-state index in [2.05, 4.69) is 21.1 Å². The summed E-state index contributed by atoms with van der Waals surface area (Å²) in [6.07, 6.45) is 3.57. The quantitative estimate of drug-likeness (QED) is 0.632. The molecule has 1 heterocycles. The van der Waals surface area contributed by atoms with Crippen molar-refractivity contribution in [3.63, 3.8) is 0 Å². The molecule has 1 N–H and O–H groups in total. The van der Waals surface area contributed by atoms with E-state index in [4.69, 9.17) is 0 Å². The zero-order chi connectivity index (χ0) is 11.3. The summed E-state index contributed by atoms with van der Waals surface area (Å²) in [6.45, 7) is 4.78. The molecule has 0 aliphatic rings. The van der Waals surface area contributed by atoms with E-state index in [0.29, 0.717) is 4.88 Å². The Morgan fingerprint density at radius 1 is 1.67 bits per heavy atom. The topological polar surface area (TPSA) is 51.2 Å². The van der Waals surface area contributed by atoms with Crippen molar-refractivity contribution in [1.82, 2.24) is 4.98 Å². The van der Waals surface area contributed by atoms with Gasteiger partial charge in [-0.1, -0.05) is 23.0 Å². The van der Waals surface area contributed by atoms with E-state index in [1.807, 2.05) is 13.8 Å². The molecule has 0 atom stereocenters. The first kappa shape index (κ1) is 11.7. The first-order chi connectivity index (χ1) is 7.13. The van der Waals surface area contributed by atoms with E-state index >= 15 is 0 Å². The fraction of sp³-hybridized carbons (Fsp3) is 0.400. The Kier molecular flexibility index (Phi) is 4.30. The first-order valence-electron chi connectivity index (χ1n) is 4.55. The number of anilines is 1. The second-order valence-corrected chi connectivity index (χ2v) is 4.21. The Bertz CT molecular complexity index is 367. The lowest BCUT2D eigenvalue weighted by atomic mass is 10.3. The monoisotopic (exact) mass is 226 g/mol. The van der Waals surface area contributed by atoms with Crippen LogP contribution in [-0.4, -0.2) is 24.6 Å². The van der Waals surface area contributed by atoms with Crippen LogP contribution < -0.4 is 5.32 Å². The van der Waals surface area contributed by atoms with Gasteiger partial charge < -0.3 is 10.1 Å². The van der Waals surface area contributed by atoms with Crippen LogP contribution in [0, 0.1) is 0 Å². The van der Waals surface area contributed by atoms with Crippen molar-refractivity contribution in [3.05, 3.63) is 22.7 Å². The van der Waals surface area contributed by atoms with E-state index in [9.17, 15) is 4.79 Å². The van der Waals surface area contributed by atoms with Crippen LogP contribution in [0.15, 0.2) is 17.8 Å². The van der Waals surface area contributed by atoms with Crippen LogP contribution in [0.25, 0.3) is 0 Å². The van der Waals surface area contributed by atoms with E-state index in [1.54, 1.807) is 0 Å². The van der Waals surface area contributed by atoms with Crippen LogP contribution in [0.1, 0.15) is 23.5 Å². The molecule has 0 fully saturated rings. The third-order valence-corrected chi connectivity index (χ3v) is 2.59. The van der Waals surface area contributed by atoms with Crippen LogP contribution in [0.5, 0.6) is 0 Å². The molecule has 0 unspecified atom stereocenters. The number of nitrogens with one attached hydrogen (secondary N) is 1. The second kappa shape index (κ2) is 5.50. The van der Waals surface area contributed by atoms with Gasteiger partial charge in [0.25, 0.3) is 0 Å². The standard InChI is InChI=1S/C10H14N2O2S/c1-7(2)4-5-11-10-12-6-8(15-10)9(13)14-3/h4,6H,5H2,1-3H3,(H,11,12). The maximum atomic E-state index is 11.1. The molecule has 15 heavy (non-hydrogen) atoms. The van der Waals surface area contributed by atoms with Gasteiger partial charge in [0.2, 0.25) is 0 Å². The van der Waals surface area contributed by atoms with Gasteiger partial charge >= 0.3 is 5.97 Å². The van der Waals surface area contributed by atoms with Crippen LogP contribution in [0.4, 0.5) is 5.13 Å². The molecule has 0 bridgehead atoms. The summed E-state index contributed by atoms with van der Waals surface area (Å²) in [7, 11) is 1.36. The molecular formula is C10H14N2O2S. The molecule has 0 saturated carbocycles. The van der Waals surface area contributed by atoms with Gasteiger partial charge in [0.15, 0.2) is 5.13 Å². The molecular weight excluding hydrogens is 212 g/mol. The maximum absolute atomic E-state index is 11.1. The van der Waals surface area contributed by atoms with Gasteiger partial charge in [-0.3, -0.25) is 0 Å². The molecule has 0 aliphatic heterocycles. The number of hydrogen-bond acceptors (Lipinski definition) is 5. The average molecular weight is 226 g/mol. The number of esters is 1. The van der Waals surface area contributed by atoms with Crippen molar-refractivity contribution in [1.29, 1.82) is 0 Å². The summed E-state index contributed by atoms with van der Waals surface area (Å²) < 4.78 is 4.58.